The summed E-state index contributed by atoms with van der Waals surface area (Å²) < 4.78 is 28.7. The van der Waals surface area contributed by atoms with Crippen LogP contribution in [0.1, 0.15) is 35.2 Å². The van der Waals surface area contributed by atoms with Crippen LogP contribution in [0, 0.1) is 11.5 Å². The summed E-state index contributed by atoms with van der Waals surface area (Å²) in [6.07, 6.45) is 2.87. The van der Waals surface area contributed by atoms with E-state index in [2.05, 4.69) is 20.3 Å². The summed E-state index contributed by atoms with van der Waals surface area (Å²) in [5.74, 6) is 0.292. The van der Waals surface area contributed by atoms with E-state index in [9.17, 15) is 13.5 Å². The fourth-order valence-electron chi connectivity index (χ4n) is 4.22. The molecule has 0 aromatic heterocycles. The van der Waals surface area contributed by atoms with Gasteiger partial charge in [-0.05, 0) is 59.4 Å². The van der Waals surface area contributed by atoms with E-state index in [1.54, 1.807) is 30.3 Å². The lowest BCUT2D eigenvalue weighted by Crippen LogP contribution is -2.34. The SMILES string of the molecule is CCc1ccc(S(=O)(=O)N[C@@H]2c3cc(NC(=NCCc4ccccc4)NC#N)ccc3C[C@H]2O)cc1. The first-order chi connectivity index (χ1) is 17.4. The Balaban J connectivity index is 1.50. The number of hydrogen-bond donors (Lipinski definition) is 4. The second-order valence-corrected chi connectivity index (χ2v) is 10.3. The van der Waals surface area contributed by atoms with Gasteiger partial charge < -0.3 is 10.4 Å². The molecule has 186 valence electrons. The van der Waals surface area contributed by atoms with Crippen LogP contribution in [0.15, 0.2) is 82.7 Å². The molecule has 1 aliphatic rings. The number of sulfonamides is 1. The van der Waals surface area contributed by atoms with Crippen molar-refractivity contribution < 1.29 is 13.5 Å². The van der Waals surface area contributed by atoms with Gasteiger partial charge in [0.25, 0.3) is 0 Å². The van der Waals surface area contributed by atoms with Crippen LogP contribution in [0.3, 0.4) is 0 Å². The Morgan fingerprint density at radius 1 is 1.08 bits per heavy atom. The predicted molar refractivity (Wildman–Crippen MR) is 140 cm³/mol. The third-order valence-corrected chi connectivity index (χ3v) is 7.63. The summed E-state index contributed by atoms with van der Waals surface area (Å²) >= 11 is 0. The molecule has 0 saturated carbocycles. The number of hydrogen-bond acceptors (Lipinski definition) is 5. The number of nitrogens with one attached hydrogen (secondary N) is 3. The molecule has 0 radical (unpaired) electrons. The minimum Gasteiger partial charge on any atom is -0.391 e. The van der Waals surface area contributed by atoms with Crippen LogP contribution in [0.25, 0.3) is 0 Å². The van der Waals surface area contributed by atoms with Crippen molar-refractivity contribution in [3.8, 4) is 6.19 Å². The molecule has 0 saturated heterocycles. The highest BCUT2D eigenvalue weighted by atomic mass is 32.2. The molecular weight excluding hydrogens is 474 g/mol. The van der Waals surface area contributed by atoms with Gasteiger partial charge in [0.2, 0.25) is 16.0 Å². The number of aliphatic hydroxyl groups is 1. The van der Waals surface area contributed by atoms with Crippen molar-refractivity contribution in [2.24, 2.45) is 4.99 Å². The van der Waals surface area contributed by atoms with Crippen LogP contribution >= 0.6 is 0 Å². The van der Waals surface area contributed by atoms with Crippen molar-refractivity contribution in [1.82, 2.24) is 10.0 Å². The molecule has 1 aliphatic carbocycles. The Hall–Kier alpha value is -3.71. The van der Waals surface area contributed by atoms with Crippen LogP contribution in [-0.4, -0.2) is 32.1 Å². The highest BCUT2D eigenvalue weighted by Gasteiger charge is 2.34. The van der Waals surface area contributed by atoms with Crippen LogP contribution < -0.4 is 15.4 Å². The third-order valence-electron chi connectivity index (χ3n) is 6.17. The molecular formula is C27H29N5O3S. The first kappa shape index (κ1) is 25.4. The van der Waals surface area contributed by atoms with Crippen molar-refractivity contribution in [2.75, 3.05) is 11.9 Å². The van der Waals surface area contributed by atoms with Crippen molar-refractivity contribution >= 4 is 21.7 Å². The Morgan fingerprint density at radius 3 is 2.53 bits per heavy atom. The minimum absolute atomic E-state index is 0.153. The number of aliphatic hydroxyl groups excluding tert-OH is 1. The normalized spacial score (nSPS) is 17.3. The molecule has 9 heteroatoms. The zero-order chi connectivity index (χ0) is 25.5. The third kappa shape index (κ3) is 6.10. The number of benzene rings is 3. The quantitative estimate of drug-likeness (QED) is 0.162. The van der Waals surface area contributed by atoms with Gasteiger partial charge in [-0.3, -0.25) is 10.3 Å². The molecule has 0 fully saturated rings. The minimum atomic E-state index is -3.84. The lowest BCUT2D eigenvalue weighted by molar-refractivity contribution is 0.151. The molecule has 36 heavy (non-hydrogen) atoms. The van der Waals surface area contributed by atoms with E-state index in [1.165, 1.54) is 0 Å². The van der Waals surface area contributed by atoms with Gasteiger partial charge in [0.15, 0.2) is 6.19 Å². The number of anilines is 1. The average molecular weight is 504 g/mol. The van der Waals surface area contributed by atoms with Crippen LogP contribution in [0.2, 0.25) is 0 Å². The van der Waals surface area contributed by atoms with Crippen molar-refractivity contribution in [3.63, 3.8) is 0 Å². The molecule has 4 N–H and O–H groups in total. The number of guanidine groups is 1. The maximum Gasteiger partial charge on any atom is 0.241 e. The maximum atomic E-state index is 13.0. The van der Waals surface area contributed by atoms with Crippen molar-refractivity contribution in [1.29, 1.82) is 5.26 Å². The number of nitriles is 1. The summed E-state index contributed by atoms with van der Waals surface area (Å²) in [5, 5.41) is 25.5. The van der Waals surface area contributed by atoms with E-state index in [4.69, 9.17) is 5.26 Å². The first-order valence-corrected chi connectivity index (χ1v) is 13.3. The molecule has 2 atom stereocenters. The summed E-state index contributed by atoms with van der Waals surface area (Å²) in [7, 11) is -3.84. The van der Waals surface area contributed by atoms with Gasteiger partial charge >= 0.3 is 0 Å². The molecule has 0 spiro atoms. The van der Waals surface area contributed by atoms with Gasteiger partial charge in [-0.1, -0.05) is 55.5 Å². The van der Waals surface area contributed by atoms with Crippen molar-refractivity contribution in [2.45, 2.75) is 43.2 Å². The maximum absolute atomic E-state index is 13.0. The summed E-state index contributed by atoms with van der Waals surface area (Å²) in [5.41, 5.74) is 4.35. The van der Waals surface area contributed by atoms with Gasteiger partial charge in [-0.25, -0.2) is 13.1 Å². The predicted octanol–water partition coefficient (Wildman–Crippen LogP) is 3.27. The molecule has 0 bridgehead atoms. The van der Waals surface area contributed by atoms with E-state index in [0.717, 1.165) is 29.5 Å². The Kier molecular flexibility index (Phi) is 8.00. The number of aryl methyl sites for hydroxylation is 1. The van der Waals surface area contributed by atoms with Gasteiger partial charge in [0.05, 0.1) is 17.0 Å². The van der Waals surface area contributed by atoms with Gasteiger partial charge in [0, 0.05) is 18.7 Å². The molecule has 3 aromatic rings. The fourth-order valence-corrected chi connectivity index (χ4v) is 5.47. The molecule has 0 aliphatic heterocycles. The largest absolute Gasteiger partial charge is 0.391 e. The number of fused-ring (bicyclic) bond motifs is 1. The highest BCUT2D eigenvalue weighted by molar-refractivity contribution is 7.89. The second-order valence-electron chi connectivity index (χ2n) is 8.61. The average Bonchev–Trinajstić information content (AvgIpc) is 3.18. The van der Waals surface area contributed by atoms with Crippen LogP contribution in [0.4, 0.5) is 5.69 Å². The monoisotopic (exact) mass is 503 g/mol. The summed E-state index contributed by atoms with van der Waals surface area (Å²) in [6.45, 7) is 2.48. The highest BCUT2D eigenvalue weighted by Crippen LogP contribution is 2.34. The molecule has 0 unspecified atom stereocenters. The van der Waals surface area contributed by atoms with Gasteiger partial charge in [0.1, 0.15) is 0 Å². The Labute approximate surface area is 211 Å². The van der Waals surface area contributed by atoms with E-state index in [-0.39, 0.29) is 4.90 Å². The lowest BCUT2D eigenvalue weighted by atomic mass is 10.1. The zero-order valence-corrected chi connectivity index (χ0v) is 20.8. The van der Waals surface area contributed by atoms with E-state index >= 15 is 0 Å². The molecule has 8 nitrogen and oxygen atoms in total. The topological polar surface area (TPSA) is 127 Å². The van der Waals surface area contributed by atoms with E-state index in [1.807, 2.05) is 55.6 Å². The van der Waals surface area contributed by atoms with Crippen LogP contribution in [-0.2, 0) is 29.3 Å². The molecule has 0 amide bonds. The molecule has 3 aromatic carbocycles. The van der Waals surface area contributed by atoms with Crippen LogP contribution in [0.5, 0.6) is 0 Å². The van der Waals surface area contributed by atoms with Gasteiger partial charge in [-0.2, -0.15) is 5.26 Å². The standard InChI is InChI=1S/C27H29N5O3S/c1-2-19-8-12-23(13-9-19)36(34,35)32-26-24-17-22(11-10-21(24)16-25(26)33)31-27(30-18-28)29-15-14-20-6-4-3-5-7-20/h3-13,17,25-26,32-33H,2,14-16H2,1H3,(H2,29,30,31)/t25-,26-/m1/s1. The van der Waals surface area contributed by atoms with Crippen molar-refractivity contribution in [3.05, 3.63) is 95.1 Å². The fraction of sp³-hybridized carbons (Fsp3) is 0.259. The van der Waals surface area contributed by atoms with E-state index < -0.39 is 22.2 Å². The summed E-state index contributed by atoms with van der Waals surface area (Å²) in [4.78, 5) is 4.61. The Bertz CT molecular complexity index is 1370. The lowest BCUT2D eigenvalue weighted by Gasteiger charge is -2.19. The second kappa shape index (κ2) is 11.4. The molecule has 4 rings (SSSR count). The number of aliphatic imine (C=N–C) groups is 1. The smallest absolute Gasteiger partial charge is 0.241 e. The Morgan fingerprint density at radius 2 is 1.83 bits per heavy atom. The first-order valence-electron chi connectivity index (χ1n) is 11.8. The number of rotatable bonds is 8. The van der Waals surface area contributed by atoms with E-state index in [0.29, 0.717) is 30.2 Å². The number of nitrogens with zero attached hydrogens (tertiary/aromatic N) is 2. The molecule has 0 heterocycles. The van der Waals surface area contributed by atoms with Gasteiger partial charge in [-0.15, -0.1) is 0 Å². The zero-order valence-electron chi connectivity index (χ0n) is 20.0. The summed E-state index contributed by atoms with van der Waals surface area (Å²) in [6, 6.07) is 21.3.